The van der Waals surface area contributed by atoms with Crippen LogP contribution < -0.4 is 0 Å². The van der Waals surface area contributed by atoms with Gasteiger partial charge in [-0.05, 0) is 77.0 Å². The summed E-state index contributed by atoms with van der Waals surface area (Å²) in [6.45, 7) is 6.31. The van der Waals surface area contributed by atoms with Gasteiger partial charge in [-0.3, -0.25) is 14.4 Å². The van der Waals surface area contributed by atoms with Gasteiger partial charge in [0.1, 0.15) is 13.2 Å². The minimum atomic E-state index is -0.845. The Morgan fingerprint density at radius 2 is 0.789 bits per heavy atom. The van der Waals surface area contributed by atoms with Crippen LogP contribution in [-0.2, 0) is 28.6 Å². The molecule has 0 aromatic carbocycles. The number of allylic oxidation sites excluding steroid dienone is 16. The van der Waals surface area contributed by atoms with Crippen LogP contribution in [0.4, 0.5) is 0 Å². The summed E-state index contributed by atoms with van der Waals surface area (Å²) in [4.78, 5) is 37.7. The molecular weight excluding hydrogens is 709 g/mol. The second-order valence-corrected chi connectivity index (χ2v) is 14.7. The molecule has 322 valence electrons. The van der Waals surface area contributed by atoms with E-state index in [1.165, 1.54) is 77.0 Å². The molecule has 0 bridgehead atoms. The van der Waals surface area contributed by atoms with Crippen LogP contribution in [0.2, 0.25) is 0 Å². The van der Waals surface area contributed by atoms with Crippen molar-refractivity contribution in [1.29, 1.82) is 0 Å². The maximum Gasteiger partial charge on any atom is 0.306 e. The molecule has 0 rings (SSSR count). The minimum absolute atomic E-state index is 0.139. The van der Waals surface area contributed by atoms with E-state index >= 15 is 0 Å². The Morgan fingerprint density at radius 1 is 0.386 bits per heavy atom. The maximum absolute atomic E-state index is 12.7. The molecule has 0 heterocycles. The number of carbonyl (C=O) groups excluding carboxylic acids is 3. The highest BCUT2D eigenvalue weighted by Crippen LogP contribution is 2.10. The molecule has 0 N–H and O–H groups in total. The fraction of sp³-hybridized carbons (Fsp3) is 0.627. The summed E-state index contributed by atoms with van der Waals surface area (Å²) in [5.74, 6) is -1.12. The molecule has 0 aliphatic carbocycles. The summed E-state index contributed by atoms with van der Waals surface area (Å²) in [5, 5.41) is 0. The Morgan fingerprint density at radius 3 is 1.32 bits per heavy atom. The third-order valence-corrected chi connectivity index (χ3v) is 9.16. The number of ether oxygens (including phenoxy) is 3. The number of esters is 3. The average molecular weight is 791 g/mol. The van der Waals surface area contributed by atoms with Gasteiger partial charge in [0, 0.05) is 19.3 Å². The predicted octanol–water partition coefficient (Wildman–Crippen LogP) is 14.6. The van der Waals surface area contributed by atoms with Gasteiger partial charge in [0.2, 0.25) is 0 Å². The van der Waals surface area contributed by atoms with E-state index in [0.29, 0.717) is 19.3 Å². The van der Waals surface area contributed by atoms with Crippen molar-refractivity contribution in [2.75, 3.05) is 13.2 Å². The standard InChI is InChI=1S/C51H82O6/c1-4-7-10-13-16-19-22-25-28-31-34-37-40-43-49(52)55-46-48(57-51(54)45-42-39-36-33-30-27-24-21-18-15-12-9-6-3)47-56-50(53)44-41-38-35-32-29-26-23-20-17-14-11-8-5-2/h7,10,13,16,19,22,25-30,35-36,38-39,48H,4-6,8-9,11-12,14-15,17-18,20-21,23-24,31-34,37,40-47H2,1-3H3/b10-7-,16-13-,22-19-,28-25-,29-26-,30-27-,38-35-,39-36-. The zero-order chi connectivity index (χ0) is 41.5. The lowest BCUT2D eigenvalue weighted by atomic mass is 10.1. The first kappa shape index (κ1) is 53.3. The molecule has 0 amide bonds. The van der Waals surface area contributed by atoms with E-state index in [0.717, 1.165) is 57.8 Å². The van der Waals surface area contributed by atoms with Gasteiger partial charge < -0.3 is 14.2 Å². The highest BCUT2D eigenvalue weighted by atomic mass is 16.6. The zero-order valence-electron chi connectivity index (χ0n) is 36.6. The van der Waals surface area contributed by atoms with Crippen molar-refractivity contribution in [3.63, 3.8) is 0 Å². The largest absolute Gasteiger partial charge is 0.462 e. The summed E-state index contributed by atoms with van der Waals surface area (Å²) in [6, 6.07) is 0. The molecule has 6 nitrogen and oxygen atoms in total. The van der Waals surface area contributed by atoms with Gasteiger partial charge in [0.15, 0.2) is 6.10 Å². The molecule has 0 radical (unpaired) electrons. The van der Waals surface area contributed by atoms with Crippen LogP contribution in [0.15, 0.2) is 97.2 Å². The first-order valence-corrected chi connectivity index (χ1v) is 22.8. The number of unbranched alkanes of at least 4 members (excludes halogenated alkanes) is 15. The molecule has 1 unspecified atom stereocenters. The second-order valence-electron chi connectivity index (χ2n) is 14.7. The third kappa shape index (κ3) is 43.3. The van der Waals surface area contributed by atoms with E-state index in [9.17, 15) is 14.4 Å². The fourth-order valence-electron chi connectivity index (χ4n) is 5.73. The number of rotatable bonds is 39. The Kier molecular flexibility index (Phi) is 42.1. The number of carbonyl (C=O) groups is 3. The van der Waals surface area contributed by atoms with E-state index in [4.69, 9.17) is 14.2 Å². The summed E-state index contributed by atoms with van der Waals surface area (Å²) in [5.41, 5.74) is 0. The molecule has 0 aliphatic rings. The Labute approximate surface area is 349 Å². The van der Waals surface area contributed by atoms with Crippen molar-refractivity contribution >= 4 is 17.9 Å². The Hall–Kier alpha value is -3.67. The van der Waals surface area contributed by atoms with E-state index < -0.39 is 12.1 Å². The number of hydrogen-bond acceptors (Lipinski definition) is 6. The first-order valence-electron chi connectivity index (χ1n) is 22.8. The van der Waals surface area contributed by atoms with Crippen LogP contribution in [0.1, 0.15) is 188 Å². The SMILES string of the molecule is CC\C=C/C=C\C=C/C=C\CCCCCC(=O)OCC(COC(=O)CC/C=C\C/C=C\CCCCCCCC)OC(=O)CC/C=C\C/C=C\CCCCCCCC. The molecule has 6 heteroatoms. The smallest absolute Gasteiger partial charge is 0.306 e. The molecule has 0 spiro atoms. The quantitative estimate of drug-likeness (QED) is 0.0203. The fourth-order valence-corrected chi connectivity index (χ4v) is 5.73. The lowest BCUT2D eigenvalue weighted by molar-refractivity contribution is -0.166. The highest BCUT2D eigenvalue weighted by Gasteiger charge is 2.19. The topological polar surface area (TPSA) is 78.9 Å². The van der Waals surface area contributed by atoms with Crippen LogP contribution in [0.3, 0.4) is 0 Å². The van der Waals surface area contributed by atoms with Crippen molar-refractivity contribution in [2.45, 2.75) is 194 Å². The number of hydrogen-bond donors (Lipinski definition) is 0. The Bertz CT molecular complexity index is 1180. The molecule has 0 fully saturated rings. The summed E-state index contributed by atoms with van der Waals surface area (Å²) >= 11 is 0. The van der Waals surface area contributed by atoms with Crippen LogP contribution in [0.25, 0.3) is 0 Å². The Balaban J connectivity index is 4.61. The monoisotopic (exact) mass is 791 g/mol. The molecule has 0 saturated heterocycles. The lowest BCUT2D eigenvalue weighted by Crippen LogP contribution is -2.30. The van der Waals surface area contributed by atoms with Gasteiger partial charge in [0.25, 0.3) is 0 Å². The van der Waals surface area contributed by atoms with Crippen molar-refractivity contribution < 1.29 is 28.6 Å². The van der Waals surface area contributed by atoms with Crippen LogP contribution >= 0.6 is 0 Å². The van der Waals surface area contributed by atoms with Crippen LogP contribution in [0, 0.1) is 0 Å². The lowest BCUT2D eigenvalue weighted by Gasteiger charge is -2.18. The van der Waals surface area contributed by atoms with Gasteiger partial charge in [-0.25, -0.2) is 0 Å². The van der Waals surface area contributed by atoms with Gasteiger partial charge >= 0.3 is 17.9 Å². The van der Waals surface area contributed by atoms with Crippen molar-refractivity contribution in [3.05, 3.63) is 97.2 Å². The summed E-state index contributed by atoms with van der Waals surface area (Å²) < 4.78 is 16.5. The van der Waals surface area contributed by atoms with Crippen molar-refractivity contribution in [3.8, 4) is 0 Å². The van der Waals surface area contributed by atoms with E-state index in [1.807, 2.05) is 48.6 Å². The van der Waals surface area contributed by atoms with Crippen LogP contribution in [0.5, 0.6) is 0 Å². The third-order valence-electron chi connectivity index (χ3n) is 9.16. The average Bonchev–Trinajstić information content (AvgIpc) is 3.21. The van der Waals surface area contributed by atoms with Gasteiger partial charge in [-0.1, -0.05) is 189 Å². The summed E-state index contributed by atoms with van der Waals surface area (Å²) in [7, 11) is 0. The molecule has 0 aromatic rings. The molecule has 1 atom stereocenters. The van der Waals surface area contributed by atoms with E-state index in [-0.39, 0.29) is 38.0 Å². The second kappa shape index (κ2) is 45.0. The van der Waals surface area contributed by atoms with Crippen molar-refractivity contribution in [1.82, 2.24) is 0 Å². The predicted molar refractivity (Wildman–Crippen MR) is 242 cm³/mol. The highest BCUT2D eigenvalue weighted by molar-refractivity contribution is 5.71. The maximum atomic E-state index is 12.7. The summed E-state index contributed by atoms with van der Waals surface area (Å²) in [6.07, 6.45) is 58.4. The molecular formula is C51H82O6. The van der Waals surface area contributed by atoms with E-state index in [2.05, 4.69) is 69.4 Å². The zero-order valence-corrected chi connectivity index (χ0v) is 36.6. The normalized spacial score (nSPS) is 13.0. The molecule has 0 aliphatic heterocycles. The van der Waals surface area contributed by atoms with E-state index in [1.54, 1.807) is 0 Å². The van der Waals surface area contributed by atoms with Gasteiger partial charge in [-0.15, -0.1) is 0 Å². The molecule has 57 heavy (non-hydrogen) atoms. The minimum Gasteiger partial charge on any atom is -0.462 e. The van der Waals surface area contributed by atoms with Gasteiger partial charge in [-0.2, -0.15) is 0 Å². The first-order chi connectivity index (χ1) is 28.0. The molecule has 0 saturated carbocycles. The van der Waals surface area contributed by atoms with Crippen LogP contribution in [-0.4, -0.2) is 37.2 Å². The molecule has 0 aromatic heterocycles. The van der Waals surface area contributed by atoms with Gasteiger partial charge in [0.05, 0.1) is 0 Å². The van der Waals surface area contributed by atoms with Crippen molar-refractivity contribution in [2.24, 2.45) is 0 Å².